The number of rotatable bonds is 6. The molecular formula is C15H21Cl2N3O2. The normalized spacial score (nSPS) is 10.8. The van der Waals surface area contributed by atoms with E-state index in [2.05, 4.69) is 10.3 Å². The zero-order valence-corrected chi connectivity index (χ0v) is 14.2. The smallest absolute Gasteiger partial charge is 0.328 e. The van der Waals surface area contributed by atoms with Crippen molar-refractivity contribution in [2.45, 2.75) is 26.4 Å². The molecule has 22 heavy (non-hydrogen) atoms. The zero-order chi connectivity index (χ0) is 14.4. The van der Waals surface area contributed by atoms with E-state index in [-0.39, 0.29) is 36.8 Å². The van der Waals surface area contributed by atoms with Crippen LogP contribution in [0.15, 0.2) is 43.0 Å². The van der Waals surface area contributed by atoms with Gasteiger partial charge in [-0.25, -0.2) is 9.78 Å². The number of benzene rings is 1. The highest BCUT2D eigenvalue weighted by atomic mass is 35.5. The van der Waals surface area contributed by atoms with Crippen molar-refractivity contribution in [2.24, 2.45) is 0 Å². The molecule has 0 spiro atoms. The third kappa shape index (κ3) is 5.95. The number of halogens is 2. The Hall–Kier alpha value is -1.72. The number of carbonyl (C=O) groups excluding carboxylic acids is 1. The molecule has 0 aliphatic carbocycles. The van der Waals surface area contributed by atoms with Gasteiger partial charge in [0.1, 0.15) is 6.04 Å². The van der Waals surface area contributed by atoms with Gasteiger partial charge in [0.2, 0.25) is 0 Å². The summed E-state index contributed by atoms with van der Waals surface area (Å²) in [6.07, 6.45) is 5.47. The van der Waals surface area contributed by atoms with E-state index >= 15 is 0 Å². The van der Waals surface area contributed by atoms with Gasteiger partial charge in [-0.15, -0.1) is 24.8 Å². The number of anilines is 1. The number of nitrogens with one attached hydrogen (secondary N) is 1. The lowest BCUT2D eigenvalue weighted by Crippen LogP contribution is -2.28. The van der Waals surface area contributed by atoms with Crippen LogP contribution in [0.3, 0.4) is 0 Å². The van der Waals surface area contributed by atoms with Crippen molar-refractivity contribution in [1.29, 1.82) is 0 Å². The number of imidazole rings is 1. The molecule has 0 amide bonds. The molecule has 0 aliphatic rings. The summed E-state index contributed by atoms with van der Waals surface area (Å²) in [6, 6.07) is 7.62. The molecule has 7 heteroatoms. The van der Waals surface area contributed by atoms with Crippen LogP contribution in [0.5, 0.6) is 0 Å². The molecule has 0 aliphatic heterocycles. The fourth-order valence-electron chi connectivity index (χ4n) is 1.87. The lowest BCUT2D eigenvalue weighted by atomic mass is 10.2. The Balaban J connectivity index is 0.00000220. The monoisotopic (exact) mass is 345 g/mol. The van der Waals surface area contributed by atoms with E-state index in [1.54, 1.807) is 26.4 Å². The summed E-state index contributed by atoms with van der Waals surface area (Å²) in [4.78, 5) is 15.5. The fourth-order valence-corrected chi connectivity index (χ4v) is 1.87. The van der Waals surface area contributed by atoms with Gasteiger partial charge in [-0.2, -0.15) is 0 Å². The van der Waals surface area contributed by atoms with Crippen molar-refractivity contribution in [3.63, 3.8) is 0 Å². The van der Waals surface area contributed by atoms with Gasteiger partial charge < -0.3 is 14.6 Å². The second-order valence-electron chi connectivity index (χ2n) is 4.55. The Bertz CT molecular complexity index is 544. The molecule has 1 aromatic heterocycles. The predicted octanol–water partition coefficient (Wildman–Crippen LogP) is 3.14. The van der Waals surface area contributed by atoms with Gasteiger partial charge in [0.05, 0.1) is 12.9 Å². The first-order valence-electron chi connectivity index (χ1n) is 6.67. The quantitative estimate of drug-likeness (QED) is 0.817. The number of carbonyl (C=O) groups is 1. The van der Waals surface area contributed by atoms with Gasteiger partial charge in [-0.05, 0) is 31.5 Å². The highest BCUT2D eigenvalue weighted by Crippen LogP contribution is 2.12. The minimum absolute atomic E-state index is 0. The zero-order valence-electron chi connectivity index (χ0n) is 12.6. The molecule has 1 atom stereocenters. The Morgan fingerprint density at radius 2 is 2.00 bits per heavy atom. The second-order valence-corrected chi connectivity index (χ2v) is 4.55. The molecule has 0 fully saturated rings. The first kappa shape index (κ1) is 20.3. The van der Waals surface area contributed by atoms with Gasteiger partial charge in [0, 0.05) is 24.6 Å². The first-order chi connectivity index (χ1) is 9.69. The number of nitrogens with zero attached hydrogens (tertiary/aromatic N) is 2. The molecular weight excluding hydrogens is 325 g/mol. The Morgan fingerprint density at radius 1 is 1.32 bits per heavy atom. The van der Waals surface area contributed by atoms with E-state index in [1.807, 2.05) is 35.0 Å². The molecule has 0 saturated carbocycles. The molecule has 1 heterocycles. The van der Waals surface area contributed by atoms with Gasteiger partial charge in [-0.1, -0.05) is 12.1 Å². The van der Waals surface area contributed by atoms with Crippen molar-refractivity contribution < 1.29 is 9.53 Å². The molecule has 1 N–H and O–H groups in total. The molecule has 5 nitrogen and oxygen atoms in total. The summed E-state index contributed by atoms with van der Waals surface area (Å²) in [5.41, 5.74) is 2.08. The summed E-state index contributed by atoms with van der Waals surface area (Å²) >= 11 is 0. The molecule has 2 aromatic rings. The van der Waals surface area contributed by atoms with E-state index < -0.39 is 0 Å². The maximum Gasteiger partial charge on any atom is 0.328 e. The highest BCUT2D eigenvalue weighted by Gasteiger charge is 2.12. The van der Waals surface area contributed by atoms with Gasteiger partial charge in [0.15, 0.2) is 0 Å². The van der Waals surface area contributed by atoms with E-state index in [4.69, 9.17) is 4.74 Å². The lowest BCUT2D eigenvalue weighted by molar-refractivity contribution is -0.143. The third-order valence-corrected chi connectivity index (χ3v) is 2.90. The predicted molar refractivity (Wildman–Crippen MR) is 92.0 cm³/mol. The topological polar surface area (TPSA) is 56.1 Å². The van der Waals surface area contributed by atoms with Crippen molar-refractivity contribution in [1.82, 2.24) is 9.55 Å². The van der Waals surface area contributed by atoms with Crippen LogP contribution < -0.4 is 5.32 Å². The lowest BCUT2D eigenvalue weighted by Gasteiger charge is -2.14. The molecule has 0 bridgehead atoms. The first-order valence-corrected chi connectivity index (χ1v) is 6.67. The van der Waals surface area contributed by atoms with Crippen LogP contribution in [0.25, 0.3) is 0 Å². The Morgan fingerprint density at radius 3 is 2.55 bits per heavy atom. The van der Waals surface area contributed by atoms with Crippen LogP contribution in [0.2, 0.25) is 0 Å². The van der Waals surface area contributed by atoms with Crippen molar-refractivity contribution in [3.05, 3.63) is 48.5 Å². The van der Waals surface area contributed by atoms with Gasteiger partial charge >= 0.3 is 5.97 Å². The molecule has 122 valence electrons. The maximum absolute atomic E-state index is 11.5. The fraction of sp³-hybridized carbons (Fsp3) is 0.333. The minimum Gasteiger partial charge on any atom is -0.464 e. The number of aromatic nitrogens is 2. The third-order valence-electron chi connectivity index (χ3n) is 2.90. The summed E-state index contributed by atoms with van der Waals surface area (Å²) in [7, 11) is 0. The Kier molecular flexibility index (Phi) is 9.29. The number of hydrogen-bond acceptors (Lipinski definition) is 4. The van der Waals surface area contributed by atoms with Crippen molar-refractivity contribution >= 4 is 36.5 Å². The van der Waals surface area contributed by atoms with Crippen molar-refractivity contribution in [2.75, 3.05) is 11.9 Å². The van der Waals surface area contributed by atoms with Crippen molar-refractivity contribution in [3.8, 4) is 0 Å². The number of ether oxygens (including phenoxy) is 1. The number of hydrogen-bond donors (Lipinski definition) is 1. The number of esters is 1. The average Bonchev–Trinajstić information content (AvgIpc) is 2.94. The maximum atomic E-state index is 11.5. The van der Waals surface area contributed by atoms with E-state index in [1.165, 1.54) is 5.56 Å². The van der Waals surface area contributed by atoms with Crippen LogP contribution in [0.1, 0.15) is 19.4 Å². The Labute approximate surface area is 142 Å². The van der Waals surface area contributed by atoms with Gasteiger partial charge in [0.25, 0.3) is 0 Å². The molecule has 0 saturated heterocycles. The molecule has 1 aromatic carbocycles. The highest BCUT2D eigenvalue weighted by molar-refractivity contribution is 5.85. The summed E-state index contributed by atoms with van der Waals surface area (Å²) in [5, 5.41) is 3.12. The van der Waals surface area contributed by atoms with Crippen LogP contribution >= 0.6 is 24.8 Å². The average molecular weight is 346 g/mol. The van der Waals surface area contributed by atoms with E-state index in [9.17, 15) is 4.79 Å². The minimum atomic E-state index is -0.352. The van der Waals surface area contributed by atoms with Crippen LogP contribution in [0, 0.1) is 0 Å². The van der Waals surface area contributed by atoms with E-state index in [0.717, 1.165) is 12.2 Å². The largest absolute Gasteiger partial charge is 0.464 e. The second kappa shape index (κ2) is 10.1. The molecule has 0 radical (unpaired) electrons. The summed E-state index contributed by atoms with van der Waals surface area (Å²) in [6.45, 7) is 4.77. The van der Waals surface area contributed by atoms with Crippen LogP contribution in [-0.4, -0.2) is 28.2 Å². The molecule has 2 rings (SSSR count). The van der Waals surface area contributed by atoms with Crippen LogP contribution in [0.4, 0.5) is 5.69 Å². The molecule has 1 unspecified atom stereocenters. The summed E-state index contributed by atoms with van der Waals surface area (Å²) in [5.74, 6) is -0.241. The van der Waals surface area contributed by atoms with Gasteiger partial charge in [-0.3, -0.25) is 0 Å². The SMILES string of the molecule is CCOC(=O)C(C)Nc1ccc(Cn2ccnc2)cc1.Cl.Cl. The van der Waals surface area contributed by atoms with E-state index in [0.29, 0.717) is 6.61 Å². The summed E-state index contributed by atoms with van der Waals surface area (Å²) < 4.78 is 6.96. The standard InChI is InChI=1S/C15H19N3O2.2ClH/c1-3-20-15(19)12(2)17-14-6-4-13(5-7-14)10-18-9-8-16-11-18;;/h4-9,11-12,17H,3,10H2,1-2H3;2*1H. The van der Waals surface area contributed by atoms with Crippen LogP contribution in [-0.2, 0) is 16.1 Å².